The Balaban J connectivity index is 1.99. The fraction of sp³-hybridized carbons (Fsp3) is 0.286. The Morgan fingerprint density at radius 2 is 1.94 bits per heavy atom. The third kappa shape index (κ3) is 1.45. The molecule has 0 spiro atoms. The van der Waals surface area contributed by atoms with Crippen LogP contribution in [0.5, 0.6) is 0 Å². The number of hydrogen-bond acceptors (Lipinski definition) is 2. The molecule has 1 aromatic rings. The fourth-order valence-corrected chi connectivity index (χ4v) is 2.64. The fourth-order valence-electron chi connectivity index (χ4n) is 2.64. The van der Waals surface area contributed by atoms with Crippen LogP contribution in [0.4, 0.5) is 0 Å². The van der Waals surface area contributed by atoms with Crippen LogP contribution in [0, 0.1) is 0 Å². The highest BCUT2D eigenvalue weighted by atomic mass is 16.2. The first-order chi connectivity index (χ1) is 8.70. The number of benzene rings is 1. The summed E-state index contributed by atoms with van der Waals surface area (Å²) in [5.41, 5.74) is 2.11. The van der Waals surface area contributed by atoms with E-state index in [9.17, 15) is 9.59 Å². The molecule has 0 aliphatic carbocycles. The van der Waals surface area contributed by atoms with Gasteiger partial charge in [0.15, 0.2) is 0 Å². The van der Waals surface area contributed by atoms with E-state index in [-0.39, 0.29) is 11.8 Å². The molecule has 2 aliphatic heterocycles. The Bertz CT molecular complexity index is 515. The van der Waals surface area contributed by atoms with Gasteiger partial charge in [-0.1, -0.05) is 24.8 Å². The van der Waals surface area contributed by atoms with E-state index >= 15 is 0 Å². The predicted molar refractivity (Wildman–Crippen MR) is 67.7 cm³/mol. The minimum atomic E-state index is -0.411. The Kier molecular flexibility index (Phi) is 2.44. The van der Waals surface area contributed by atoms with Gasteiger partial charge >= 0.3 is 0 Å². The highest BCUT2D eigenvalue weighted by Crippen LogP contribution is 2.34. The van der Waals surface area contributed by atoms with Gasteiger partial charge in [-0.15, -0.1) is 0 Å². The van der Waals surface area contributed by atoms with Crippen LogP contribution in [-0.2, 0) is 4.79 Å². The van der Waals surface area contributed by atoms with Crippen molar-refractivity contribution in [1.82, 2.24) is 10.2 Å². The van der Waals surface area contributed by atoms with Crippen LogP contribution < -0.4 is 5.32 Å². The standard InChI is InChI=1S/C14H14N2O2/c1-9-10-5-2-3-6-11(10)14(18)16(9)12-7-4-8-15-13(12)17/h2-3,5-6,12H,1,4,7-8H2,(H,15,17). The van der Waals surface area contributed by atoms with E-state index in [1.54, 1.807) is 11.0 Å². The molecule has 2 aliphatic rings. The van der Waals surface area contributed by atoms with E-state index in [0.717, 1.165) is 12.0 Å². The highest BCUT2D eigenvalue weighted by Gasteiger charge is 2.39. The Morgan fingerprint density at radius 1 is 1.22 bits per heavy atom. The average Bonchev–Trinajstić information content (AvgIpc) is 2.64. The number of fused-ring (bicyclic) bond motifs is 1. The van der Waals surface area contributed by atoms with Crippen LogP contribution in [-0.4, -0.2) is 29.3 Å². The molecule has 2 heterocycles. The maximum Gasteiger partial charge on any atom is 0.259 e. The third-order valence-corrected chi connectivity index (χ3v) is 3.55. The van der Waals surface area contributed by atoms with Gasteiger partial charge in [0.25, 0.3) is 5.91 Å². The van der Waals surface area contributed by atoms with E-state index in [1.165, 1.54) is 0 Å². The lowest BCUT2D eigenvalue weighted by Crippen LogP contribution is -2.50. The van der Waals surface area contributed by atoms with Crippen molar-refractivity contribution in [2.24, 2.45) is 0 Å². The van der Waals surface area contributed by atoms with Gasteiger partial charge in [-0.05, 0) is 18.9 Å². The first-order valence-electron chi connectivity index (χ1n) is 6.10. The summed E-state index contributed by atoms with van der Waals surface area (Å²) in [6.07, 6.45) is 1.59. The zero-order chi connectivity index (χ0) is 12.7. The first-order valence-corrected chi connectivity index (χ1v) is 6.10. The highest BCUT2D eigenvalue weighted by molar-refractivity contribution is 6.11. The summed E-state index contributed by atoms with van der Waals surface area (Å²) in [4.78, 5) is 25.8. The van der Waals surface area contributed by atoms with Crippen LogP contribution >= 0.6 is 0 Å². The van der Waals surface area contributed by atoms with Crippen molar-refractivity contribution >= 4 is 17.5 Å². The lowest BCUT2D eigenvalue weighted by molar-refractivity contribution is -0.126. The van der Waals surface area contributed by atoms with Crippen molar-refractivity contribution in [1.29, 1.82) is 0 Å². The van der Waals surface area contributed by atoms with Gasteiger partial charge < -0.3 is 5.32 Å². The van der Waals surface area contributed by atoms with Crippen molar-refractivity contribution in [3.63, 3.8) is 0 Å². The van der Waals surface area contributed by atoms with Crippen LogP contribution in [0.3, 0.4) is 0 Å². The van der Waals surface area contributed by atoms with Gasteiger partial charge in [0.2, 0.25) is 5.91 Å². The molecule has 1 unspecified atom stereocenters. The minimum Gasteiger partial charge on any atom is -0.354 e. The summed E-state index contributed by atoms with van der Waals surface area (Å²) in [6.45, 7) is 4.65. The largest absolute Gasteiger partial charge is 0.354 e. The van der Waals surface area contributed by atoms with Gasteiger partial charge in [0.05, 0.1) is 0 Å². The quantitative estimate of drug-likeness (QED) is 0.809. The molecule has 1 saturated heterocycles. The molecule has 18 heavy (non-hydrogen) atoms. The molecule has 1 atom stereocenters. The van der Waals surface area contributed by atoms with Gasteiger partial charge in [-0.25, -0.2) is 0 Å². The van der Waals surface area contributed by atoms with Crippen LogP contribution in [0.15, 0.2) is 30.8 Å². The van der Waals surface area contributed by atoms with Crippen LogP contribution in [0.1, 0.15) is 28.8 Å². The molecule has 3 rings (SSSR count). The van der Waals surface area contributed by atoms with Gasteiger partial charge in [0.1, 0.15) is 6.04 Å². The van der Waals surface area contributed by atoms with Gasteiger partial charge in [-0.3, -0.25) is 14.5 Å². The van der Waals surface area contributed by atoms with Crippen molar-refractivity contribution in [3.05, 3.63) is 42.0 Å². The van der Waals surface area contributed by atoms with E-state index < -0.39 is 6.04 Å². The molecular weight excluding hydrogens is 228 g/mol. The molecule has 1 aromatic carbocycles. The molecule has 0 radical (unpaired) electrons. The number of amides is 2. The number of nitrogens with zero attached hydrogens (tertiary/aromatic N) is 1. The molecule has 1 fully saturated rings. The Hall–Kier alpha value is -2.10. The van der Waals surface area contributed by atoms with Crippen molar-refractivity contribution in [3.8, 4) is 0 Å². The smallest absolute Gasteiger partial charge is 0.259 e. The second-order valence-electron chi connectivity index (χ2n) is 4.62. The molecule has 0 saturated carbocycles. The number of hydrogen-bond donors (Lipinski definition) is 1. The van der Waals surface area contributed by atoms with Crippen molar-refractivity contribution < 1.29 is 9.59 Å². The van der Waals surface area contributed by atoms with E-state index in [0.29, 0.717) is 24.2 Å². The summed E-state index contributed by atoms with van der Waals surface area (Å²) in [6, 6.07) is 6.95. The number of rotatable bonds is 1. The summed E-state index contributed by atoms with van der Waals surface area (Å²) >= 11 is 0. The predicted octanol–water partition coefficient (Wildman–Crippen LogP) is 1.39. The summed E-state index contributed by atoms with van der Waals surface area (Å²) in [7, 11) is 0. The SMILES string of the molecule is C=C1c2ccccc2C(=O)N1C1CCCNC1=O. The molecule has 0 bridgehead atoms. The van der Waals surface area contributed by atoms with Gasteiger partial charge in [0, 0.05) is 23.4 Å². The zero-order valence-electron chi connectivity index (χ0n) is 9.98. The number of nitrogens with one attached hydrogen (secondary N) is 1. The van der Waals surface area contributed by atoms with Crippen LogP contribution in [0.25, 0.3) is 5.70 Å². The summed E-state index contributed by atoms with van der Waals surface area (Å²) < 4.78 is 0. The average molecular weight is 242 g/mol. The molecule has 2 amide bonds. The van der Waals surface area contributed by atoms with Crippen molar-refractivity contribution in [2.45, 2.75) is 18.9 Å². The molecule has 1 N–H and O–H groups in total. The van der Waals surface area contributed by atoms with E-state index in [1.807, 2.05) is 18.2 Å². The van der Waals surface area contributed by atoms with Crippen molar-refractivity contribution in [2.75, 3.05) is 6.54 Å². The maximum absolute atomic E-state index is 12.3. The molecule has 0 aromatic heterocycles. The third-order valence-electron chi connectivity index (χ3n) is 3.55. The maximum atomic E-state index is 12.3. The van der Waals surface area contributed by atoms with Crippen LogP contribution in [0.2, 0.25) is 0 Å². The van der Waals surface area contributed by atoms with E-state index in [2.05, 4.69) is 11.9 Å². The first kappa shape index (κ1) is 11.0. The molecular formula is C14H14N2O2. The summed E-state index contributed by atoms with van der Waals surface area (Å²) in [5, 5.41) is 2.80. The second kappa shape index (κ2) is 3.98. The number of carbonyl (C=O) groups excluding carboxylic acids is 2. The molecule has 92 valence electrons. The normalized spacial score (nSPS) is 23.0. The zero-order valence-corrected chi connectivity index (χ0v) is 9.98. The minimum absolute atomic E-state index is 0.0800. The Labute approximate surface area is 105 Å². The lowest BCUT2D eigenvalue weighted by atomic mass is 10.0. The summed E-state index contributed by atoms with van der Waals surface area (Å²) in [5.74, 6) is -0.193. The Morgan fingerprint density at radius 3 is 2.61 bits per heavy atom. The molecule has 4 nitrogen and oxygen atoms in total. The van der Waals surface area contributed by atoms with Gasteiger partial charge in [-0.2, -0.15) is 0 Å². The second-order valence-corrected chi connectivity index (χ2v) is 4.62. The monoisotopic (exact) mass is 242 g/mol. The number of carbonyl (C=O) groups is 2. The topological polar surface area (TPSA) is 49.4 Å². The molecule has 4 heteroatoms. The van der Waals surface area contributed by atoms with E-state index in [4.69, 9.17) is 0 Å². The lowest BCUT2D eigenvalue weighted by Gasteiger charge is -2.30. The number of piperidine rings is 1.